The second kappa shape index (κ2) is 9.27. The lowest BCUT2D eigenvalue weighted by atomic mass is 10.1. The van der Waals surface area contributed by atoms with E-state index in [9.17, 15) is 4.79 Å². The van der Waals surface area contributed by atoms with Gasteiger partial charge in [-0.2, -0.15) is 0 Å². The molecule has 0 radical (unpaired) electrons. The number of hydrogen-bond acceptors (Lipinski definition) is 1. The molecule has 0 fully saturated rings. The number of allylic oxidation sites excluding steroid dienone is 3. The first-order valence-corrected chi connectivity index (χ1v) is 10.7. The minimum absolute atomic E-state index is 0.0636. The lowest BCUT2D eigenvalue weighted by molar-refractivity contribution is 0.0940. The summed E-state index contributed by atoms with van der Waals surface area (Å²) in [4.78, 5) is 12.8. The Kier molecular flexibility index (Phi) is 6.75. The van der Waals surface area contributed by atoms with Gasteiger partial charge in [-0.25, -0.2) is 0 Å². The fourth-order valence-electron chi connectivity index (χ4n) is 3.42. The number of nitrogens with one attached hydrogen (secondary N) is 1. The van der Waals surface area contributed by atoms with Crippen molar-refractivity contribution < 1.29 is 4.79 Å². The maximum absolute atomic E-state index is 12.8. The van der Waals surface area contributed by atoms with Crippen LogP contribution < -0.4 is 5.32 Å². The van der Waals surface area contributed by atoms with Crippen LogP contribution in [0.5, 0.6) is 0 Å². The standard InChI is InChI=1S/C25H27BrN2O/c1-5-6-7-17(2)16-28-18(3)14-22-15-21(10-13-24(22)28)25(29)27-19(4)20-8-11-23(26)12-9-20/h6-15,19H,2,5,16H2,1,3-4H3,(H,27,29). The highest BCUT2D eigenvalue weighted by Crippen LogP contribution is 2.23. The summed E-state index contributed by atoms with van der Waals surface area (Å²) < 4.78 is 3.27. The van der Waals surface area contributed by atoms with Gasteiger partial charge >= 0.3 is 0 Å². The molecule has 3 rings (SSSR count). The topological polar surface area (TPSA) is 34.0 Å². The van der Waals surface area contributed by atoms with Gasteiger partial charge in [0.2, 0.25) is 0 Å². The Bertz CT molecular complexity index is 1060. The highest BCUT2D eigenvalue weighted by molar-refractivity contribution is 9.10. The normalized spacial score (nSPS) is 12.4. The Morgan fingerprint density at radius 2 is 1.93 bits per heavy atom. The van der Waals surface area contributed by atoms with Gasteiger partial charge in [-0.05, 0) is 67.8 Å². The van der Waals surface area contributed by atoms with Crippen LogP contribution in [0, 0.1) is 6.92 Å². The third-order valence-corrected chi connectivity index (χ3v) is 5.57. The van der Waals surface area contributed by atoms with Crippen molar-refractivity contribution >= 4 is 32.7 Å². The molecule has 29 heavy (non-hydrogen) atoms. The molecule has 0 aliphatic carbocycles. The van der Waals surface area contributed by atoms with Gasteiger partial charge in [0.05, 0.1) is 6.04 Å². The third-order valence-electron chi connectivity index (χ3n) is 5.04. The van der Waals surface area contributed by atoms with Crippen LogP contribution in [0.4, 0.5) is 0 Å². The number of rotatable bonds is 7. The summed E-state index contributed by atoms with van der Waals surface area (Å²) in [6, 6.07) is 16.0. The van der Waals surface area contributed by atoms with Crippen LogP contribution in [0.3, 0.4) is 0 Å². The van der Waals surface area contributed by atoms with E-state index in [1.165, 1.54) is 0 Å². The van der Waals surface area contributed by atoms with E-state index in [0.717, 1.165) is 45.2 Å². The number of halogens is 1. The Morgan fingerprint density at radius 1 is 1.21 bits per heavy atom. The van der Waals surface area contributed by atoms with E-state index in [2.05, 4.69) is 64.5 Å². The number of benzene rings is 2. The molecule has 1 N–H and O–H groups in total. The van der Waals surface area contributed by atoms with Gasteiger partial charge in [-0.3, -0.25) is 4.79 Å². The first kappa shape index (κ1) is 21.1. The highest BCUT2D eigenvalue weighted by Gasteiger charge is 2.14. The number of carbonyl (C=O) groups is 1. The van der Waals surface area contributed by atoms with Crippen LogP contribution in [0.2, 0.25) is 0 Å². The van der Waals surface area contributed by atoms with Crippen LogP contribution >= 0.6 is 15.9 Å². The van der Waals surface area contributed by atoms with E-state index >= 15 is 0 Å². The van der Waals surface area contributed by atoms with E-state index in [1.54, 1.807) is 0 Å². The summed E-state index contributed by atoms with van der Waals surface area (Å²) in [5, 5.41) is 4.16. The van der Waals surface area contributed by atoms with Gasteiger partial charge in [0, 0.05) is 33.2 Å². The Labute approximate surface area is 181 Å². The van der Waals surface area contributed by atoms with Crippen molar-refractivity contribution in [2.45, 2.75) is 39.8 Å². The number of aromatic nitrogens is 1. The minimum atomic E-state index is -0.0667. The number of fused-ring (bicyclic) bond motifs is 1. The average molecular weight is 451 g/mol. The maximum Gasteiger partial charge on any atom is 0.251 e. The van der Waals surface area contributed by atoms with Crippen LogP contribution in [0.15, 0.2) is 77.3 Å². The summed E-state index contributed by atoms with van der Waals surface area (Å²) in [6.07, 6.45) is 5.20. The van der Waals surface area contributed by atoms with E-state index in [1.807, 2.05) is 49.4 Å². The van der Waals surface area contributed by atoms with Gasteiger partial charge in [0.25, 0.3) is 5.91 Å². The monoisotopic (exact) mass is 450 g/mol. The van der Waals surface area contributed by atoms with E-state index in [4.69, 9.17) is 0 Å². The third kappa shape index (κ3) is 5.07. The zero-order chi connectivity index (χ0) is 21.0. The summed E-state index contributed by atoms with van der Waals surface area (Å²) >= 11 is 3.44. The predicted octanol–water partition coefficient (Wildman–Crippen LogP) is 6.73. The van der Waals surface area contributed by atoms with Gasteiger partial charge in [-0.15, -0.1) is 0 Å². The second-order valence-corrected chi connectivity index (χ2v) is 8.28. The van der Waals surface area contributed by atoms with E-state index in [0.29, 0.717) is 5.56 Å². The fraction of sp³-hybridized carbons (Fsp3) is 0.240. The smallest absolute Gasteiger partial charge is 0.251 e. The van der Waals surface area contributed by atoms with Gasteiger partial charge in [0.15, 0.2) is 0 Å². The molecule has 1 aromatic heterocycles. The number of carbonyl (C=O) groups excluding carboxylic acids is 1. The van der Waals surface area contributed by atoms with E-state index < -0.39 is 0 Å². The molecule has 0 aliphatic heterocycles. The molecule has 3 aromatic rings. The van der Waals surface area contributed by atoms with Crippen molar-refractivity contribution in [2.75, 3.05) is 0 Å². The number of hydrogen-bond donors (Lipinski definition) is 1. The van der Waals surface area contributed by atoms with Crippen molar-refractivity contribution in [1.29, 1.82) is 0 Å². The molecule has 1 unspecified atom stereocenters. The highest BCUT2D eigenvalue weighted by atomic mass is 79.9. The van der Waals surface area contributed by atoms with Crippen molar-refractivity contribution in [2.24, 2.45) is 0 Å². The Balaban J connectivity index is 1.79. The van der Waals surface area contributed by atoms with Crippen molar-refractivity contribution in [3.63, 3.8) is 0 Å². The molecule has 0 spiro atoms. The fourth-order valence-corrected chi connectivity index (χ4v) is 3.68. The first-order valence-electron chi connectivity index (χ1n) is 9.89. The maximum atomic E-state index is 12.8. The van der Waals surface area contributed by atoms with E-state index in [-0.39, 0.29) is 11.9 Å². The van der Waals surface area contributed by atoms with Gasteiger partial charge < -0.3 is 9.88 Å². The molecule has 4 heteroatoms. The average Bonchev–Trinajstić information content (AvgIpc) is 3.01. The molecular weight excluding hydrogens is 424 g/mol. The summed E-state index contributed by atoms with van der Waals surface area (Å²) in [7, 11) is 0. The molecule has 1 heterocycles. The quantitative estimate of drug-likeness (QED) is 0.397. The molecule has 0 saturated carbocycles. The summed E-state index contributed by atoms with van der Waals surface area (Å²) in [6.45, 7) is 11.1. The summed E-state index contributed by atoms with van der Waals surface area (Å²) in [5.41, 5.74) is 5.09. The minimum Gasteiger partial charge on any atom is -0.346 e. The molecule has 0 aliphatic rings. The second-order valence-electron chi connectivity index (χ2n) is 7.36. The largest absolute Gasteiger partial charge is 0.346 e. The molecule has 2 aromatic carbocycles. The number of amides is 1. The van der Waals surface area contributed by atoms with Crippen LogP contribution in [0.1, 0.15) is 47.9 Å². The van der Waals surface area contributed by atoms with Crippen molar-refractivity contribution in [3.8, 4) is 0 Å². The lowest BCUT2D eigenvalue weighted by Crippen LogP contribution is -2.26. The predicted molar refractivity (Wildman–Crippen MR) is 125 cm³/mol. The lowest BCUT2D eigenvalue weighted by Gasteiger charge is -2.15. The number of aryl methyl sites for hydroxylation is 1. The van der Waals surface area contributed by atoms with Gasteiger partial charge in [-0.1, -0.05) is 53.7 Å². The molecule has 0 bridgehead atoms. The SMILES string of the molecule is C=C(C=CCC)Cn1c(C)cc2cc(C(=O)NC(C)c3ccc(Br)cc3)ccc21. The van der Waals surface area contributed by atoms with Gasteiger partial charge in [0.1, 0.15) is 0 Å². The zero-order valence-electron chi connectivity index (χ0n) is 17.2. The van der Waals surface area contributed by atoms with Crippen molar-refractivity contribution in [3.05, 3.63) is 94.1 Å². The molecule has 150 valence electrons. The first-order chi connectivity index (χ1) is 13.9. The molecule has 1 atom stereocenters. The molecule has 0 saturated heterocycles. The zero-order valence-corrected chi connectivity index (χ0v) is 18.8. The Hall–Kier alpha value is -2.59. The van der Waals surface area contributed by atoms with Crippen LogP contribution in [-0.4, -0.2) is 10.5 Å². The van der Waals surface area contributed by atoms with Crippen LogP contribution in [-0.2, 0) is 6.54 Å². The molecule has 1 amide bonds. The number of nitrogens with zero attached hydrogens (tertiary/aromatic N) is 1. The Morgan fingerprint density at radius 3 is 2.62 bits per heavy atom. The van der Waals surface area contributed by atoms with Crippen LogP contribution in [0.25, 0.3) is 10.9 Å². The molecule has 3 nitrogen and oxygen atoms in total. The van der Waals surface area contributed by atoms with Crippen molar-refractivity contribution in [1.82, 2.24) is 9.88 Å². The molecular formula is C25H27BrN2O. The summed E-state index contributed by atoms with van der Waals surface area (Å²) in [5.74, 6) is -0.0667.